The zero-order valence-corrected chi connectivity index (χ0v) is 10.1. The highest BCUT2D eigenvalue weighted by atomic mass is 16.5. The lowest BCUT2D eigenvalue weighted by atomic mass is 9.92. The summed E-state index contributed by atoms with van der Waals surface area (Å²) in [5.41, 5.74) is 0. The molecule has 1 saturated heterocycles. The Hall–Kier alpha value is -1.10. The highest BCUT2D eigenvalue weighted by Crippen LogP contribution is 2.33. The zero-order chi connectivity index (χ0) is 12.4. The number of aliphatic carboxylic acids is 1. The van der Waals surface area contributed by atoms with Gasteiger partial charge in [-0.1, -0.05) is 0 Å². The number of rotatable bonds is 4. The summed E-state index contributed by atoms with van der Waals surface area (Å²) in [5, 5.41) is 9.37. The number of hydrogen-bond donors (Lipinski definition) is 1. The van der Waals surface area contributed by atoms with Gasteiger partial charge in [0.15, 0.2) is 0 Å². The van der Waals surface area contributed by atoms with Gasteiger partial charge in [-0.2, -0.15) is 0 Å². The third-order valence-corrected chi connectivity index (χ3v) is 3.50. The minimum Gasteiger partial charge on any atom is -0.480 e. The van der Waals surface area contributed by atoms with E-state index in [-0.39, 0.29) is 17.9 Å². The van der Waals surface area contributed by atoms with E-state index in [0.29, 0.717) is 13.2 Å². The van der Waals surface area contributed by atoms with Crippen LogP contribution in [0.25, 0.3) is 0 Å². The first kappa shape index (κ1) is 12.4. The lowest BCUT2D eigenvalue weighted by Crippen LogP contribution is -2.51. The topological polar surface area (TPSA) is 66.8 Å². The van der Waals surface area contributed by atoms with Crippen molar-refractivity contribution in [3.8, 4) is 0 Å². The molecule has 0 aromatic rings. The molecule has 2 atom stereocenters. The van der Waals surface area contributed by atoms with Gasteiger partial charge >= 0.3 is 5.97 Å². The second-order valence-electron chi connectivity index (χ2n) is 4.92. The Labute approximate surface area is 101 Å². The van der Waals surface area contributed by atoms with Gasteiger partial charge in [0, 0.05) is 25.5 Å². The minimum atomic E-state index is -0.900. The molecular weight excluding hydrogens is 222 g/mol. The van der Waals surface area contributed by atoms with Crippen LogP contribution in [0.2, 0.25) is 0 Å². The van der Waals surface area contributed by atoms with Crippen molar-refractivity contribution in [3.63, 3.8) is 0 Å². The van der Waals surface area contributed by atoms with E-state index in [4.69, 9.17) is 4.74 Å². The summed E-state index contributed by atoms with van der Waals surface area (Å²) in [6, 6.07) is -0.573. The largest absolute Gasteiger partial charge is 0.480 e. The van der Waals surface area contributed by atoms with E-state index in [1.165, 1.54) is 6.92 Å². The van der Waals surface area contributed by atoms with Crippen molar-refractivity contribution in [2.75, 3.05) is 13.2 Å². The molecule has 2 aliphatic rings. The van der Waals surface area contributed by atoms with Crippen LogP contribution < -0.4 is 0 Å². The lowest BCUT2D eigenvalue weighted by Gasteiger charge is -2.35. The standard InChI is InChI=1S/C12H19NO4/c1-8(14)13(10-4-5-10)11(12(15)16)9-3-2-6-17-7-9/h9-11H,2-7H2,1H3,(H,15,16). The van der Waals surface area contributed by atoms with Crippen LogP contribution in [0.1, 0.15) is 32.6 Å². The van der Waals surface area contributed by atoms with Crippen molar-refractivity contribution in [1.82, 2.24) is 4.90 Å². The Morgan fingerprint density at radius 1 is 1.35 bits per heavy atom. The van der Waals surface area contributed by atoms with Crippen LogP contribution in [-0.2, 0) is 14.3 Å². The van der Waals surface area contributed by atoms with Crippen molar-refractivity contribution < 1.29 is 19.4 Å². The summed E-state index contributed by atoms with van der Waals surface area (Å²) >= 11 is 0. The fraction of sp³-hybridized carbons (Fsp3) is 0.833. The normalized spacial score (nSPS) is 26.3. The molecule has 0 spiro atoms. The number of nitrogens with zero attached hydrogens (tertiary/aromatic N) is 1. The van der Waals surface area contributed by atoms with Crippen molar-refractivity contribution in [1.29, 1.82) is 0 Å². The number of hydrogen-bond acceptors (Lipinski definition) is 3. The molecule has 2 rings (SSSR count). The Bertz CT molecular complexity index is 308. The van der Waals surface area contributed by atoms with Gasteiger partial charge in [0.25, 0.3) is 0 Å². The lowest BCUT2D eigenvalue weighted by molar-refractivity contribution is -0.155. The fourth-order valence-corrected chi connectivity index (χ4v) is 2.60. The average Bonchev–Trinajstić information content (AvgIpc) is 3.09. The van der Waals surface area contributed by atoms with E-state index >= 15 is 0 Å². The van der Waals surface area contributed by atoms with E-state index in [1.54, 1.807) is 4.90 Å². The maximum atomic E-state index is 11.6. The second-order valence-corrected chi connectivity index (χ2v) is 4.92. The summed E-state index contributed by atoms with van der Waals surface area (Å²) < 4.78 is 5.34. The van der Waals surface area contributed by atoms with Gasteiger partial charge in [-0.3, -0.25) is 4.79 Å². The van der Waals surface area contributed by atoms with E-state index in [1.807, 2.05) is 0 Å². The van der Waals surface area contributed by atoms with Gasteiger partial charge in [0.05, 0.1) is 6.61 Å². The Balaban J connectivity index is 2.13. The van der Waals surface area contributed by atoms with E-state index in [9.17, 15) is 14.7 Å². The van der Waals surface area contributed by atoms with Gasteiger partial charge in [-0.05, 0) is 25.7 Å². The third-order valence-electron chi connectivity index (χ3n) is 3.50. The highest BCUT2D eigenvalue weighted by molar-refractivity contribution is 5.83. The van der Waals surface area contributed by atoms with Crippen LogP contribution in [0.4, 0.5) is 0 Å². The number of carboxylic acids is 1. The van der Waals surface area contributed by atoms with Crippen LogP contribution in [-0.4, -0.2) is 47.2 Å². The molecule has 17 heavy (non-hydrogen) atoms. The first-order valence-corrected chi connectivity index (χ1v) is 6.20. The van der Waals surface area contributed by atoms with E-state index in [2.05, 4.69) is 0 Å². The van der Waals surface area contributed by atoms with Gasteiger partial charge in [0.2, 0.25) is 5.91 Å². The molecule has 2 unspecified atom stereocenters. The van der Waals surface area contributed by atoms with Gasteiger partial charge in [-0.25, -0.2) is 4.79 Å². The van der Waals surface area contributed by atoms with Crippen molar-refractivity contribution in [3.05, 3.63) is 0 Å². The average molecular weight is 241 g/mol. The molecule has 5 heteroatoms. The van der Waals surface area contributed by atoms with Crippen LogP contribution in [0.5, 0.6) is 0 Å². The van der Waals surface area contributed by atoms with Crippen LogP contribution >= 0.6 is 0 Å². The molecule has 96 valence electrons. The highest BCUT2D eigenvalue weighted by Gasteiger charge is 2.43. The molecule has 0 aromatic heterocycles. The van der Waals surface area contributed by atoms with Crippen LogP contribution in [0, 0.1) is 5.92 Å². The number of carboxylic acid groups (broad SMARTS) is 1. The summed E-state index contributed by atoms with van der Waals surface area (Å²) in [4.78, 5) is 24.6. The van der Waals surface area contributed by atoms with Crippen LogP contribution in [0.3, 0.4) is 0 Å². The third kappa shape index (κ3) is 2.77. The minimum absolute atomic E-state index is 0.0641. The molecular formula is C12H19NO4. The smallest absolute Gasteiger partial charge is 0.326 e. The maximum absolute atomic E-state index is 11.6. The Morgan fingerprint density at radius 2 is 2.06 bits per heavy atom. The molecule has 0 bridgehead atoms. The molecule has 1 saturated carbocycles. The van der Waals surface area contributed by atoms with Gasteiger partial charge < -0.3 is 14.7 Å². The quantitative estimate of drug-likeness (QED) is 0.793. The number of carbonyl (C=O) groups excluding carboxylic acids is 1. The van der Waals surface area contributed by atoms with E-state index in [0.717, 1.165) is 25.7 Å². The Kier molecular flexibility index (Phi) is 3.66. The SMILES string of the molecule is CC(=O)N(C1CC1)C(C(=O)O)C1CCCOC1. The van der Waals surface area contributed by atoms with Crippen LogP contribution in [0.15, 0.2) is 0 Å². The second kappa shape index (κ2) is 5.04. The van der Waals surface area contributed by atoms with Gasteiger partial charge in [-0.15, -0.1) is 0 Å². The first-order chi connectivity index (χ1) is 8.11. The summed E-state index contributed by atoms with van der Waals surface area (Å²) in [6.45, 7) is 2.61. The van der Waals surface area contributed by atoms with Crippen molar-refractivity contribution >= 4 is 11.9 Å². The summed E-state index contributed by atoms with van der Waals surface area (Å²) in [6.07, 6.45) is 3.56. The van der Waals surface area contributed by atoms with Crippen molar-refractivity contribution in [2.45, 2.75) is 44.7 Å². The molecule has 1 N–H and O–H groups in total. The predicted octanol–water partition coefficient (Wildman–Crippen LogP) is 0.877. The van der Waals surface area contributed by atoms with Crippen molar-refractivity contribution in [2.24, 2.45) is 5.92 Å². The maximum Gasteiger partial charge on any atom is 0.326 e. The zero-order valence-electron chi connectivity index (χ0n) is 10.1. The molecule has 1 heterocycles. The summed E-state index contributed by atoms with van der Waals surface area (Å²) in [5.74, 6) is -1.10. The molecule has 1 aliphatic carbocycles. The molecule has 0 radical (unpaired) electrons. The number of amides is 1. The molecule has 1 aliphatic heterocycles. The monoisotopic (exact) mass is 241 g/mol. The summed E-state index contributed by atoms with van der Waals surface area (Å²) in [7, 11) is 0. The Morgan fingerprint density at radius 3 is 2.47 bits per heavy atom. The van der Waals surface area contributed by atoms with E-state index < -0.39 is 12.0 Å². The fourth-order valence-electron chi connectivity index (χ4n) is 2.60. The predicted molar refractivity (Wildman–Crippen MR) is 60.5 cm³/mol. The number of carbonyl (C=O) groups is 2. The first-order valence-electron chi connectivity index (χ1n) is 6.20. The molecule has 5 nitrogen and oxygen atoms in total. The van der Waals surface area contributed by atoms with Gasteiger partial charge in [0.1, 0.15) is 6.04 Å². The molecule has 0 aromatic carbocycles. The number of ether oxygens (including phenoxy) is 1. The molecule has 2 fully saturated rings. The molecule has 1 amide bonds.